The normalized spacial score (nSPS) is 12.3. The van der Waals surface area contributed by atoms with E-state index in [9.17, 15) is 0 Å². The third-order valence-corrected chi connectivity index (χ3v) is 2.86. The predicted octanol–water partition coefficient (Wildman–Crippen LogP) is 2.38. The van der Waals surface area contributed by atoms with Crippen LogP contribution in [0.5, 0.6) is 5.75 Å². The first-order valence-corrected chi connectivity index (χ1v) is 5.71. The lowest BCUT2D eigenvalue weighted by Crippen LogP contribution is -2.28. The average molecular weight is 243 g/mol. The molecule has 1 aromatic rings. The Morgan fingerprint density at radius 1 is 1.50 bits per heavy atom. The van der Waals surface area contributed by atoms with Gasteiger partial charge in [-0.15, -0.1) is 0 Å². The van der Waals surface area contributed by atoms with Crippen molar-refractivity contribution in [2.45, 2.75) is 6.92 Å². The van der Waals surface area contributed by atoms with E-state index in [1.807, 2.05) is 25.2 Å². The van der Waals surface area contributed by atoms with Crippen LogP contribution in [0, 0.1) is 5.92 Å². The fourth-order valence-electron chi connectivity index (χ4n) is 1.54. The number of benzene rings is 1. The van der Waals surface area contributed by atoms with Crippen LogP contribution >= 0.6 is 11.6 Å². The zero-order chi connectivity index (χ0) is 12.1. The Balaban J connectivity index is 2.76. The van der Waals surface area contributed by atoms with Gasteiger partial charge in [-0.25, -0.2) is 0 Å². The molecule has 3 nitrogen and oxygen atoms in total. The average Bonchev–Trinajstić information content (AvgIpc) is 2.28. The second-order valence-electron chi connectivity index (χ2n) is 4.04. The lowest BCUT2D eigenvalue weighted by molar-refractivity contribution is 0.415. The van der Waals surface area contributed by atoms with Gasteiger partial charge in [-0.05, 0) is 30.7 Å². The molecule has 0 aliphatic carbocycles. The van der Waals surface area contributed by atoms with Crippen LogP contribution < -0.4 is 15.4 Å². The van der Waals surface area contributed by atoms with Crippen LogP contribution in [0.2, 0.25) is 5.02 Å². The summed E-state index contributed by atoms with van der Waals surface area (Å²) < 4.78 is 5.11. The molecule has 0 saturated carbocycles. The number of anilines is 1. The summed E-state index contributed by atoms with van der Waals surface area (Å²) in [5, 5.41) is 0.632. The lowest BCUT2D eigenvalue weighted by atomic mass is 10.1. The van der Waals surface area contributed by atoms with Gasteiger partial charge >= 0.3 is 0 Å². The van der Waals surface area contributed by atoms with E-state index in [0.29, 0.717) is 23.2 Å². The van der Waals surface area contributed by atoms with Crippen LogP contribution in [-0.2, 0) is 0 Å². The number of rotatable bonds is 5. The fourth-order valence-corrected chi connectivity index (χ4v) is 1.79. The van der Waals surface area contributed by atoms with Gasteiger partial charge in [0.2, 0.25) is 0 Å². The molecule has 0 spiro atoms. The van der Waals surface area contributed by atoms with Gasteiger partial charge in [0.1, 0.15) is 5.75 Å². The number of nitrogens with two attached hydrogens (primary N) is 1. The number of ether oxygens (including phenoxy) is 1. The summed E-state index contributed by atoms with van der Waals surface area (Å²) in [6.45, 7) is 3.73. The van der Waals surface area contributed by atoms with E-state index in [0.717, 1.165) is 12.2 Å². The fraction of sp³-hybridized carbons (Fsp3) is 0.500. The molecule has 0 heterocycles. The lowest BCUT2D eigenvalue weighted by Gasteiger charge is -2.23. The van der Waals surface area contributed by atoms with Crippen LogP contribution in [0.3, 0.4) is 0 Å². The third kappa shape index (κ3) is 3.29. The molecule has 1 unspecified atom stereocenters. The quantitative estimate of drug-likeness (QED) is 0.862. The molecule has 0 bridgehead atoms. The van der Waals surface area contributed by atoms with E-state index >= 15 is 0 Å². The van der Waals surface area contributed by atoms with Crippen LogP contribution in [-0.4, -0.2) is 27.2 Å². The molecule has 0 aromatic heterocycles. The van der Waals surface area contributed by atoms with Crippen molar-refractivity contribution >= 4 is 17.3 Å². The van der Waals surface area contributed by atoms with Crippen molar-refractivity contribution in [2.75, 3.05) is 32.1 Å². The molecule has 0 radical (unpaired) electrons. The summed E-state index contributed by atoms with van der Waals surface area (Å²) in [4.78, 5) is 2.14. The Hall–Kier alpha value is -0.930. The second-order valence-corrected chi connectivity index (χ2v) is 4.45. The van der Waals surface area contributed by atoms with Crippen molar-refractivity contribution in [3.63, 3.8) is 0 Å². The maximum Gasteiger partial charge on any atom is 0.137 e. The highest BCUT2D eigenvalue weighted by atomic mass is 35.5. The van der Waals surface area contributed by atoms with Crippen molar-refractivity contribution in [3.05, 3.63) is 23.2 Å². The first-order chi connectivity index (χ1) is 7.58. The molecular formula is C12H19ClN2O. The first-order valence-electron chi connectivity index (χ1n) is 5.33. The summed E-state index contributed by atoms with van der Waals surface area (Å²) >= 11 is 6.07. The molecule has 1 atom stereocenters. The molecule has 16 heavy (non-hydrogen) atoms. The van der Waals surface area contributed by atoms with E-state index in [4.69, 9.17) is 22.1 Å². The van der Waals surface area contributed by atoms with Gasteiger partial charge in [0, 0.05) is 19.3 Å². The van der Waals surface area contributed by atoms with Gasteiger partial charge in [0.05, 0.1) is 12.1 Å². The number of hydrogen-bond acceptors (Lipinski definition) is 3. The minimum Gasteiger partial charge on any atom is -0.495 e. The number of halogens is 1. The highest BCUT2D eigenvalue weighted by Crippen LogP contribution is 2.28. The summed E-state index contributed by atoms with van der Waals surface area (Å²) in [6.07, 6.45) is 0. The predicted molar refractivity (Wildman–Crippen MR) is 69.5 cm³/mol. The molecule has 0 amide bonds. The number of methoxy groups -OCH3 is 1. The van der Waals surface area contributed by atoms with Crippen LogP contribution in [0.25, 0.3) is 0 Å². The summed E-state index contributed by atoms with van der Waals surface area (Å²) in [6, 6.07) is 5.78. The van der Waals surface area contributed by atoms with E-state index < -0.39 is 0 Å². The standard InChI is InChI=1S/C12H19ClN2O/c1-9(7-14)8-15(2)10-4-5-12(16-3)11(13)6-10/h4-6,9H,7-8,14H2,1-3H3. The molecule has 0 fully saturated rings. The first kappa shape index (κ1) is 13.1. The van der Waals surface area contributed by atoms with Crippen molar-refractivity contribution in [1.82, 2.24) is 0 Å². The largest absolute Gasteiger partial charge is 0.495 e. The number of hydrogen-bond donors (Lipinski definition) is 1. The smallest absolute Gasteiger partial charge is 0.137 e. The van der Waals surface area contributed by atoms with Crippen LogP contribution in [0.15, 0.2) is 18.2 Å². The molecule has 2 N–H and O–H groups in total. The van der Waals surface area contributed by atoms with E-state index in [1.165, 1.54) is 0 Å². The maximum atomic E-state index is 6.07. The molecule has 0 aliphatic heterocycles. The number of nitrogens with zero attached hydrogens (tertiary/aromatic N) is 1. The molecule has 0 saturated heterocycles. The van der Waals surface area contributed by atoms with Gasteiger partial charge in [-0.3, -0.25) is 0 Å². The second kappa shape index (κ2) is 5.97. The molecule has 1 aromatic carbocycles. The summed E-state index contributed by atoms with van der Waals surface area (Å²) in [7, 11) is 3.64. The van der Waals surface area contributed by atoms with Gasteiger partial charge < -0.3 is 15.4 Å². The van der Waals surface area contributed by atoms with Crippen molar-refractivity contribution < 1.29 is 4.74 Å². The van der Waals surface area contributed by atoms with Gasteiger partial charge in [0.25, 0.3) is 0 Å². The monoisotopic (exact) mass is 242 g/mol. The Bertz CT molecular complexity index is 344. The topological polar surface area (TPSA) is 38.5 Å². The Kier molecular flexibility index (Phi) is 4.90. The highest BCUT2D eigenvalue weighted by Gasteiger charge is 2.08. The molecule has 1 rings (SSSR count). The van der Waals surface area contributed by atoms with Gasteiger partial charge in [-0.2, -0.15) is 0 Å². The Labute approximate surface area is 102 Å². The molecule has 4 heteroatoms. The summed E-state index contributed by atoms with van der Waals surface area (Å²) in [5.41, 5.74) is 6.68. The van der Waals surface area contributed by atoms with Crippen LogP contribution in [0.4, 0.5) is 5.69 Å². The Morgan fingerprint density at radius 3 is 2.69 bits per heavy atom. The zero-order valence-corrected chi connectivity index (χ0v) is 10.8. The third-order valence-electron chi connectivity index (χ3n) is 2.56. The molecule has 0 aliphatic rings. The van der Waals surface area contributed by atoms with E-state index in [2.05, 4.69) is 11.8 Å². The van der Waals surface area contributed by atoms with E-state index in [1.54, 1.807) is 7.11 Å². The maximum absolute atomic E-state index is 6.07. The Morgan fingerprint density at radius 2 is 2.19 bits per heavy atom. The van der Waals surface area contributed by atoms with Crippen molar-refractivity contribution in [3.8, 4) is 5.75 Å². The highest BCUT2D eigenvalue weighted by molar-refractivity contribution is 6.32. The molecular weight excluding hydrogens is 224 g/mol. The molecule has 90 valence electrons. The zero-order valence-electron chi connectivity index (χ0n) is 10.0. The van der Waals surface area contributed by atoms with Crippen molar-refractivity contribution in [1.29, 1.82) is 0 Å². The summed E-state index contributed by atoms with van der Waals surface area (Å²) in [5.74, 6) is 1.16. The van der Waals surface area contributed by atoms with Crippen molar-refractivity contribution in [2.24, 2.45) is 11.7 Å². The van der Waals surface area contributed by atoms with Crippen LogP contribution in [0.1, 0.15) is 6.92 Å². The SMILES string of the molecule is COc1ccc(N(C)CC(C)CN)cc1Cl. The van der Waals surface area contributed by atoms with E-state index in [-0.39, 0.29) is 0 Å². The van der Waals surface area contributed by atoms with Gasteiger partial charge in [-0.1, -0.05) is 18.5 Å². The minimum absolute atomic E-state index is 0.464. The van der Waals surface area contributed by atoms with Gasteiger partial charge in [0.15, 0.2) is 0 Å². The minimum atomic E-state index is 0.464.